The molecule has 0 aliphatic carbocycles. The van der Waals surface area contributed by atoms with Gasteiger partial charge in [-0.25, -0.2) is 4.98 Å². The summed E-state index contributed by atoms with van der Waals surface area (Å²) >= 11 is 0. The summed E-state index contributed by atoms with van der Waals surface area (Å²) in [6, 6.07) is 4.44. The van der Waals surface area contributed by atoms with Crippen LogP contribution in [-0.2, 0) is 0 Å². The summed E-state index contributed by atoms with van der Waals surface area (Å²) in [5.41, 5.74) is -0.102. The lowest BCUT2D eigenvalue weighted by Crippen LogP contribution is -2.18. The van der Waals surface area contributed by atoms with E-state index in [1.54, 1.807) is 6.07 Å². The zero-order chi connectivity index (χ0) is 10.6. The van der Waals surface area contributed by atoms with Crippen molar-refractivity contribution in [3.63, 3.8) is 0 Å². The number of hydrogen-bond acceptors (Lipinski definition) is 4. The Balaban J connectivity index is 2.84. The van der Waals surface area contributed by atoms with Crippen molar-refractivity contribution in [1.29, 1.82) is 5.26 Å². The molecule has 0 saturated carbocycles. The molecule has 74 valence electrons. The first kappa shape index (κ1) is 10.6. The molecule has 0 aromatic carbocycles. The summed E-state index contributed by atoms with van der Waals surface area (Å²) in [5, 5.41) is 26.9. The van der Waals surface area contributed by atoms with Crippen molar-refractivity contribution < 1.29 is 14.6 Å². The highest BCUT2D eigenvalue weighted by Crippen LogP contribution is 2.19. The molecule has 2 N–H and O–H groups in total. The summed E-state index contributed by atoms with van der Waals surface area (Å²) in [7, 11) is 0. The molecule has 1 aromatic rings. The van der Waals surface area contributed by atoms with Gasteiger partial charge in [0.1, 0.15) is 6.10 Å². The Labute approximate surface area is 80.3 Å². The zero-order valence-corrected chi connectivity index (χ0v) is 7.26. The predicted molar refractivity (Wildman–Crippen MR) is 45.4 cm³/mol. The first-order chi connectivity index (χ1) is 6.66. The Hall–Kier alpha value is -1.51. The van der Waals surface area contributed by atoms with E-state index in [0.29, 0.717) is 0 Å². The quantitative estimate of drug-likeness (QED) is 0.691. The summed E-state index contributed by atoms with van der Waals surface area (Å²) in [4.78, 5) is 3.32. The van der Waals surface area contributed by atoms with Crippen LogP contribution in [0, 0.1) is 17.3 Å². The van der Waals surface area contributed by atoms with E-state index in [1.165, 1.54) is 18.3 Å². The minimum atomic E-state index is -1.41. The summed E-state index contributed by atoms with van der Waals surface area (Å²) in [6.45, 7) is 0. The van der Waals surface area contributed by atoms with Crippen LogP contribution < -0.4 is 0 Å². The van der Waals surface area contributed by atoms with Gasteiger partial charge in [-0.3, -0.25) is 0 Å². The van der Waals surface area contributed by atoms with Gasteiger partial charge in [-0.1, -0.05) is 6.07 Å². The minimum absolute atomic E-state index is 0.102. The van der Waals surface area contributed by atoms with Gasteiger partial charge >= 0.3 is 0 Å². The molecular weight excluding hydrogens is 187 g/mol. The smallest absolute Gasteiger partial charge is 0.218 e. The SMILES string of the molecule is N#CCC(O)C(O)c1cccnc1F. The number of halogens is 1. The number of pyridine rings is 1. The van der Waals surface area contributed by atoms with E-state index in [2.05, 4.69) is 4.98 Å². The van der Waals surface area contributed by atoms with Crippen LogP contribution in [0.25, 0.3) is 0 Å². The van der Waals surface area contributed by atoms with Crippen molar-refractivity contribution in [3.8, 4) is 6.07 Å². The van der Waals surface area contributed by atoms with E-state index in [4.69, 9.17) is 5.26 Å². The molecule has 2 atom stereocenters. The predicted octanol–water partition coefficient (Wildman–Crippen LogP) is 0.529. The molecule has 0 spiro atoms. The number of aliphatic hydroxyl groups excluding tert-OH is 2. The normalized spacial score (nSPS) is 14.4. The van der Waals surface area contributed by atoms with Gasteiger partial charge in [0, 0.05) is 11.8 Å². The van der Waals surface area contributed by atoms with E-state index in [1.807, 2.05) is 0 Å². The molecule has 0 aliphatic heterocycles. The van der Waals surface area contributed by atoms with Gasteiger partial charge in [0.05, 0.1) is 18.6 Å². The maximum atomic E-state index is 13.0. The second kappa shape index (κ2) is 4.65. The Morgan fingerprint density at radius 1 is 1.57 bits per heavy atom. The third kappa shape index (κ3) is 2.25. The standard InChI is InChI=1S/C9H9FN2O2/c10-9-6(2-1-5-12-9)8(14)7(13)3-4-11/h1-2,5,7-8,13-14H,3H2. The van der Waals surface area contributed by atoms with Crippen LogP contribution in [0.1, 0.15) is 18.1 Å². The van der Waals surface area contributed by atoms with Crippen molar-refractivity contribution in [2.45, 2.75) is 18.6 Å². The number of nitriles is 1. The van der Waals surface area contributed by atoms with Crippen molar-refractivity contribution in [1.82, 2.24) is 4.98 Å². The maximum Gasteiger partial charge on any atom is 0.218 e. The number of aromatic nitrogens is 1. The second-order valence-corrected chi connectivity index (χ2v) is 2.76. The summed E-state index contributed by atoms with van der Waals surface area (Å²) < 4.78 is 13.0. The zero-order valence-electron chi connectivity index (χ0n) is 7.26. The highest BCUT2D eigenvalue weighted by Gasteiger charge is 2.21. The molecular formula is C9H9FN2O2. The number of nitrogens with zero attached hydrogens (tertiary/aromatic N) is 2. The molecule has 1 aromatic heterocycles. The van der Waals surface area contributed by atoms with E-state index < -0.39 is 18.2 Å². The Morgan fingerprint density at radius 3 is 2.86 bits per heavy atom. The monoisotopic (exact) mass is 196 g/mol. The molecule has 4 nitrogen and oxygen atoms in total. The average Bonchev–Trinajstić information content (AvgIpc) is 2.18. The van der Waals surface area contributed by atoms with Crippen molar-refractivity contribution in [2.24, 2.45) is 0 Å². The first-order valence-corrected chi connectivity index (χ1v) is 4.00. The number of rotatable bonds is 3. The fraction of sp³-hybridized carbons (Fsp3) is 0.333. The highest BCUT2D eigenvalue weighted by atomic mass is 19.1. The molecule has 1 heterocycles. The summed E-state index contributed by atoms with van der Waals surface area (Å²) in [6.07, 6.45) is -1.72. The van der Waals surface area contributed by atoms with Gasteiger partial charge in [0.25, 0.3) is 0 Å². The summed E-state index contributed by atoms with van der Waals surface area (Å²) in [5.74, 6) is -0.836. The second-order valence-electron chi connectivity index (χ2n) is 2.76. The van der Waals surface area contributed by atoms with Crippen LogP contribution in [0.3, 0.4) is 0 Å². The highest BCUT2D eigenvalue weighted by molar-refractivity contribution is 5.15. The molecule has 14 heavy (non-hydrogen) atoms. The molecule has 2 unspecified atom stereocenters. The number of hydrogen-bond donors (Lipinski definition) is 2. The van der Waals surface area contributed by atoms with Gasteiger partial charge in [0.2, 0.25) is 5.95 Å². The lowest BCUT2D eigenvalue weighted by atomic mass is 10.0. The van der Waals surface area contributed by atoms with Crippen LogP contribution in [0.5, 0.6) is 0 Å². The third-order valence-corrected chi connectivity index (χ3v) is 1.77. The van der Waals surface area contributed by atoms with Gasteiger partial charge < -0.3 is 10.2 Å². The molecule has 1 rings (SSSR count). The maximum absolute atomic E-state index is 13.0. The molecule has 0 fully saturated rings. The number of aliphatic hydroxyl groups is 2. The average molecular weight is 196 g/mol. The Kier molecular flexibility index (Phi) is 3.51. The Bertz CT molecular complexity index is 351. The van der Waals surface area contributed by atoms with Gasteiger partial charge in [-0.2, -0.15) is 9.65 Å². The third-order valence-electron chi connectivity index (χ3n) is 1.77. The van der Waals surface area contributed by atoms with Crippen LogP contribution in [0.4, 0.5) is 4.39 Å². The topological polar surface area (TPSA) is 77.1 Å². The van der Waals surface area contributed by atoms with E-state index in [-0.39, 0.29) is 12.0 Å². The van der Waals surface area contributed by atoms with Gasteiger partial charge in [-0.15, -0.1) is 0 Å². The molecule has 5 heteroatoms. The Morgan fingerprint density at radius 2 is 2.29 bits per heavy atom. The minimum Gasteiger partial charge on any atom is -0.389 e. The van der Waals surface area contributed by atoms with E-state index in [9.17, 15) is 14.6 Å². The lowest BCUT2D eigenvalue weighted by molar-refractivity contribution is 0.0190. The van der Waals surface area contributed by atoms with Crippen LogP contribution >= 0.6 is 0 Å². The fourth-order valence-electron chi connectivity index (χ4n) is 1.03. The van der Waals surface area contributed by atoms with Crippen molar-refractivity contribution in [3.05, 3.63) is 29.8 Å². The van der Waals surface area contributed by atoms with Crippen LogP contribution in [0.15, 0.2) is 18.3 Å². The molecule has 0 radical (unpaired) electrons. The van der Waals surface area contributed by atoms with Crippen LogP contribution in [-0.4, -0.2) is 21.3 Å². The molecule has 0 amide bonds. The van der Waals surface area contributed by atoms with E-state index >= 15 is 0 Å². The van der Waals surface area contributed by atoms with Crippen molar-refractivity contribution >= 4 is 0 Å². The van der Waals surface area contributed by atoms with Gasteiger partial charge in [0.15, 0.2) is 0 Å². The van der Waals surface area contributed by atoms with Crippen LogP contribution in [0.2, 0.25) is 0 Å². The van der Waals surface area contributed by atoms with Crippen molar-refractivity contribution in [2.75, 3.05) is 0 Å². The lowest BCUT2D eigenvalue weighted by Gasteiger charge is -2.15. The fourth-order valence-corrected chi connectivity index (χ4v) is 1.03. The molecule has 0 saturated heterocycles. The largest absolute Gasteiger partial charge is 0.389 e. The van der Waals surface area contributed by atoms with Gasteiger partial charge in [-0.05, 0) is 6.07 Å². The molecule has 0 bridgehead atoms. The first-order valence-electron chi connectivity index (χ1n) is 4.00. The van der Waals surface area contributed by atoms with E-state index in [0.717, 1.165) is 0 Å². The molecule has 0 aliphatic rings.